The zero-order valence-corrected chi connectivity index (χ0v) is 9.96. The van der Waals surface area contributed by atoms with E-state index >= 15 is 0 Å². The molecule has 3 heteroatoms. The van der Waals surface area contributed by atoms with Gasteiger partial charge < -0.3 is 10.4 Å². The van der Waals surface area contributed by atoms with E-state index in [0.717, 1.165) is 11.6 Å². The van der Waals surface area contributed by atoms with Crippen LogP contribution in [0.5, 0.6) is 0 Å². The minimum Gasteiger partial charge on any atom is -0.392 e. The molecule has 0 unspecified atom stereocenters. The first kappa shape index (κ1) is 12.5. The zero-order valence-electron chi connectivity index (χ0n) is 9.20. The Labute approximate surface area is 96.3 Å². The molecule has 2 nitrogen and oxygen atoms in total. The van der Waals surface area contributed by atoms with Crippen LogP contribution in [-0.4, -0.2) is 24.3 Å². The zero-order chi connectivity index (χ0) is 11.3. The van der Waals surface area contributed by atoms with Gasteiger partial charge >= 0.3 is 0 Å². The van der Waals surface area contributed by atoms with E-state index in [0.29, 0.717) is 12.5 Å². The maximum atomic E-state index is 9.10. The third-order valence-corrected chi connectivity index (χ3v) is 2.54. The number of aliphatic hydroxyl groups is 1. The maximum Gasteiger partial charge on any atom is 0.0636 e. The van der Waals surface area contributed by atoms with Crippen LogP contribution in [0.1, 0.15) is 25.3 Å². The highest BCUT2D eigenvalue weighted by atomic mass is 35.5. The van der Waals surface area contributed by atoms with Gasteiger partial charge in [0.15, 0.2) is 0 Å². The molecule has 0 aliphatic rings. The lowest BCUT2D eigenvalue weighted by Gasteiger charge is -2.14. The summed E-state index contributed by atoms with van der Waals surface area (Å²) in [5.74, 6) is 0.405. The smallest absolute Gasteiger partial charge is 0.0636 e. The van der Waals surface area contributed by atoms with Crippen LogP contribution in [0.25, 0.3) is 0 Å². The summed E-state index contributed by atoms with van der Waals surface area (Å²) in [5.41, 5.74) is 1.22. The van der Waals surface area contributed by atoms with E-state index in [4.69, 9.17) is 16.7 Å². The Morgan fingerprint density at radius 2 is 2.07 bits per heavy atom. The summed E-state index contributed by atoms with van der Waals surface area (Å²) in [6.07, 6.45) is -0.295. The van der Waals surface area contributed by atoms with Crippen LogP contribution in [0.3, 0.4) is 0 Å². The summed E-state index contributed by atoms with van der Waals surface area (Å²) in [5, 5.41) is 13.1. The van der Waals surface area contributed by atoms with Crippen molar-refractivity contribution in [2.75, 3.05) is 13.1 Å². The molecule has 2 N–H and O–H groups in total. The fourth-order valence-electron chi connectivity index (χ4n) is 1.44. The van der Waals surface area contributed by atoms with E-state index in [2.05, 4.69) is 18.3 Å². The highest BCUT2D eigenvalue weighted by molar-refractivity contribution is 6.30. The van der Waals surface area contributed by atoms with Crippen LogP contribution < -0.4 is 5.32 Å². The molecule has 1 aromatic carbocycles. The van der Waals surface area contributed by atoms with Gasteiger partial charge in [0.1, 0.15) is 0 Å². The standard InChI is InChI=1S/C12H18ClNO/c1-9(7-14-8-10(2)15)11-4-3-5-12(13)6-11/h3-6,9-10,14-15H,7-8H2,1-2H3/t9-,10-/m1/s1. The first-order chi connectivity index (χ1) is 7.09. The van der Waals surface area contributed by atoms with E-state index in [9.17, 15) is 0 Å². The summed E-state index contributed by atoms with van der Waals surface area (Å²) in [6, 6.07) is 7.89. The Morgan fingerprint density at radius 1 is 1.33 bits per heavy atom. The summed E-state index contributed by atoms with van der Waals surface area (Å²) >= 11 is 5.91. The van der Waals surface area contributed by atoms with Crippen molar-refractivity contribution in [3.05, 3.63) is 34.9 Å². The Balaban J connectivity index is 2.43. The Bertz CT molecular complexity index is 301. The second-order valence-corrected chi connectivity index (χ2v) is 4.40. The molecule has 0 heterocycles. The number of aliphatic hydroxyl groups excluding tert-OH is 1. The van der Waals surface area contributed by atoms with Gasteiger partial charge in [0.05, 0.1) is 6.10 Å². The summed E-state index contributed by atoms with van der Waals surface area (Å²) in [7, 11) is 0. The van der Waals surface area contributed by atoms with Gasteiger partial charge in [-0.3, -0.25) is 0 Å². The first-order valence-electron chi connectivity index (χ1n) is 5.24. The van der Waals surface area contributed by atoms with Gasteiger partial charge in [-0.15, -0.1) is 0 Å². The number of rotatable bonds is 5. The van der Waals surface area contributed by atoms with E-state index in [-0.39, 0.29) is 6.10 Å². The van der Waals surface area contributed by atoms with Gasteiger partial charge in [-0.05, 0) is 30.5 Å². The maximum absolute atomic E-state index is 9.10. The van der Waals surface area contributed by atoms with Crippen molar-refractivity contribution in [3.8, 4) is 0 Å². The largest absolute Gasteiger partial charge is 0.392 e. The number of nitrogens with one attached hydrogen (secondary N) is 1. The van der Waals surface area contributed by atoms with Crippen molar-refractivity contribution < 1.29 is 5.11 Å². The Morgan fingerprint density at radius 3 is 2.67 bits per heavy atom. The molecule has 0 bridgehead atoms. The minimum absolute atomic E-state index is 0.295. The third-order valence-electron chi connectivity index (χ3n) is 2.31. The van der Waals surface area contributed by atoms with Crippen LogP contribution in [0.15, 0.2) is 24.3 Å². The number of hydrogen-bond acceptors (Lipinski definition) is 2. The minimum atomic E-state index is -0.295. The summed E-state index contributed by atoms with van der Waals surface area (Å²) in [4.78, 5) is 0. The molecule has 0 aromatic heterocycles. The van der Waals surface area contributed by atoms with Crippen LogP contribution in [-0.2, 0) is 0 Å². The lowest BCUT2D eigenvalue weighted by atomic mass is 10.0. The molecule has 15 heavy (non-hydrogen) atoms. The SMILES string of the molecule is C[C@H](CNC[C@@H](C)O)c1cccc(Cl)c1. The quantitative estimate of drug-likeness (QED) is 0.810. The molecular formula is C12H18ClNO. The monoisotopic (exact) mass is 227 g/mol. The van der Waals surface area contributed by atoms with Gasteiger partial charge in [0, 0.05) is 18.1 Å². The topological polar surface area (TPSA) is 32.3 Å². The molecule has 0 fully saturated rings. The van der Waals surface area contributed by atoms with E-state index in [1.54, 1.807) is 6.92 Å². The fraction of sp³-hybridized carbons (Fsp3) is 0.500. The fourth-order valence-corrected chi connectivity index (χ4v) is 1.64. The van der Waals surface area contributed by atoms with Crippen LogP contribution in [0.4, 0.5) is 0 Å². The van der Waals surface area contributed by atoms with Crippen molar-refractivity contribution in [2.24, 2.45) is 0 Å². The summed E-state index contributed by atoms with van der Waals surface area (Å²) < 4.78 is 0. The average Bonchev–Trinajstić information content (AvgIpc) is 2.17. The lowest BCUT2D eigenvalue weighted by Crippen LogP contribution is -2.27. The molecule has 1 aromatic rings. The molecule has 0 aliphatic carbocycles. The lowest BCUT2D eigenvalue weighted by molar-refractivity contribution is 0.191. The Hall–Kier alpha value is -0.570. The van der Waals surface area contributed by atoms with Gasteiger partial charge in [0.25, 0.3) is 0 Å². The normalized spacial score (nSPS) is 14.9. The van der Waals surface area contributed by atoms with Crippen molar-refractivity contribution in [1.82, 2.24) is 5.32 Å². The molecule has 0 radical (unpaired) electrons. The number of hydrogen-bond donors (Lipinski definition) is 2. The second-order valence-electron chi connectivity index (χ2n) is 3.96. The van der Waals surface area contributed by atoms with Gasteiger partial charge in [0.2, 0.25) is 0 Å². The van der Waals surface area contributed by atoms with Crippen molar-refractivity contribution in [2.45, 2.75) is 25.9 Å². The van der Waals surface area contributed by atoms with Crippen LogP contribution in [0, 0.1) is 0 Å². The van der Waals surface area contributed by atoms with E-state index < -0.39 is 0 Å². The molecule has 0 spiro atoms. The second kappa shape index (κ2) is 6.11. The molecule has 2 atom stereocenters. The van der Waals surface area contributed by atoms with Crippen molar-refractivity contribution in [1.29, 1.82) is 0 Å². The molecule has 0 amide bonds. The average molecular weight is 228 g/mol. The predicted octanol–water partition coefficient (Wildman–Crippen LogP) is 2.41. The molecular weight excluding hydrogens is 210 g/mol. The van der Waals surface area contributed by atoms with Crippen LogP contribution >= 0.6 is 11.6 Å². The van der Waals surface area contributed by atoms with Crippen molar-refractivity contribution >= 4 is 11.6 Å². The predicted molar refractivity (Wildman–Crippen MR) is 64.4 cm³/mol. The molecule has 1 rings (SSSR count). The van der Waals surface area contributed by atoms with Gasteiger partial charge in [-0.2, -0.15) is 0 Å². The number of halogens is 1. The number of benzene rings is 1. The van der Waals surface area contributed by atoms with Gasteiger partial charge in [-0.1, -0.05) is 30.7 Å². The molecule has 0 aliphatic heterocycles. The Kier molecular flexibility index (Phi) is 5.09. The van der Waals surface area contributed by atoms with Gasteiger partial charge in [-0.25, -0.2) is 0 Å². The molecule has 84 valence electrons. The highest BCUT2D eigenvalue weighted by Gasteiger charge is 2.05. The van der Waals surface area contributed by atoms with E-state index in [1.165, 1.54) is 5.56 Å². The third kappa shape index (κ3) is 4.65. The van der Waals surface area contributed by atoms with Crippen LogP contribution in [0.2, 0.25) is 5.02 Å². The summed E-state index contributed by atoms with van der Waals surface area (Å²) in [6.45, 7) is 5.40. The highest BCUT2D eigenvalue weighted by Crippen LogP contribution is 2.18. The first-order valence-corrected chi connectivity index (χ1v) is 5.61. The molecule has 0 saturated carbocycles. The van der Waals surface area contributed by atoms with E-state index in [1.807, 2.05) is 18.2 Å². The molecule has 0 saturated heterocycles. The van der Waals surface area contributed by atoms with Crippen molar-refractivity contribution in [3.63, 3.8) is 0 Å².